The first-order valence-corrected chi connectivity index (χ1v) is 24.7. The summed E-state index contributed by atoms with van der Waals surface area (Å²) in [6.07, 6.45) is 0.680. The fourth-order valence-electron chi connectivity index (χ4n) is 7.84. The number of amides is 1. The zero-order valence-electron chi connectivity index (χ0n) is 31.9. The number of sulfone groups is 1. The molecule has 0 fully saturated rings. The van der Waals surface area contributed by atoms with E-state index in [0.29, 0.717) is 80.9 Å². The Hall–Kier alpha value is -5.51. The van der Waals surface area contributed by atoms with Gasteiger partial charge in [-0.05, 0) is 84.1 Å². The molecule has 0 radical (unpaired) electrons. The number of hydrogen-bond donors (Lipinski definition) is 2. The van der Waals surface area contributed by atoms with Crippen LogP contribution in [0.15, 0.2) is 112 Å². The maximum Gasteiger partial charge on any atom is 0.423 e. The quantitative estimate of drug-likeness (QED) is 0.159. The van der Waals surface area contributed by atoms with Crippen molar-refractivity contribution in [3.8, 4) is 11.5 Å². The van der Waals surface area contributed by atoms with Gasteiger partial charge >= 0.3 is 6.09 Å². The lowest BCUT2D eigenvalue weighted by molar-refractivity contribution is 0.137. The standard InChI is InChI=1S/C40H37N3O13S4/c1-41(40(44)55-19-20-57(2,45)46)58(47,48)38-6-4-3-5-33(38)39-31-11-7-27(42-17-15-25-21-29(59(49,50)51)9-13-34(25)42)23-36(31)56-37-24-28(8-12-32(37)39)43-18-16-26-22-30(60(52,53)54)10-14-35(26)43/h3-14,21-24,39H,15-20H2,1-2H3,(H,49,50,51)(H,52,53,54). The Kier molecular flexibility index (Phi) is 10.2. The van der Waals surface area contributed by atoms with Crippen LogP contribution in [0.5, 0.6) is 11.5 Å². The number of carbonyl (C=O) groups is 1. The summed E-state index contributed by atoms with van der Waals surface area (Å²) < 4.78 is 130. The zero-order valence-corrected chi connectivity index (χ0v) is 35.2. The average Bonchev–Trinajstić information content (AvgIpc) is 3.82. The van der Waals surface area contributed by atoms with Crippen LogP contribution in [0.3, 0.4) is 0 Å². The molecule has 0 saturated carbocycles. The molecule has 8 rings (SSSR count). The Morgan fingerprint density at radius 2 is 1.20 bits per heavy atom. The molecule has 5 aromatic carbocycles. The lowest BCUT2D eigenvalue weighted by Crippen LogP contribution is -2.35. The van der Waals surface area contributed by atoms with E-state index in [-0.39, 0.29) is 14.7 Å². The van der Waals surface area contributed by atoms with Gasteiger partial charge in [-0.25, -0.2) is 25.9 Å². The molecule has 0 spiro atoms. The molecular formula is C40H37N3O13S4. The molecule has 16 nitrogen and oxygen atoms in total. The lowest BCUT2D eigenvalue weighted by Gasteiger charge is -2.32. The van der Waals surface area contributed by atoms with E-state index in [9.17, 15) is 47.6 Å². The molecule has 3 aliphatic heterocycles. The van der Waals surface area contributed by atoms with Crippen molar-refractivity contribution in [1.29, 1.82) is 0 Å². The van der Waals surface area contributed by atoms with Gasteiger partial charge in [0.05, 0.1) is 20.4 Å². The van der Waals surface area contributed by atoms with E-state index >= 15 is 0 Å². The van der Waals surface area contributed by atoms with Crippen LogP contribution in [0, 0.1) is 0 Å². The molecule has 0 aliphatic carbocycles. The number of carbonyl (C=O) groups excluding carboxylic acids is 1. The molecule has 3 aliphatic rings. The molecular weight excluding hydrogens is 859 g/mol. The summed E-state index contributed by atoms with van der Waals surface area (Å²) in [7, 11) is -15.9. The Balaban J connectivity index is 1.22. The fourth-order valence-corrected chi connectivity index (χ4v) is 10.6. The number of nitrogens with zero attached hydrogens (tertiary/aromatic N) is 3. The third-order valence-electron chi connectivity index (χ3n) is 10.8. The summed E-state index contributed by atoms with van der Waals surface area (Å²) in [5.41, 5.74) is 5.73. The first-order chi connectivity index (χ1) is 28.2. The van der Waals surface area contributed by atoms with E-state index in [1.807, 2.05) is 34.1 Å². The van der Waals surface area contributed by atoms with Crippen molar-refractivity contribution >= 4 is 68.9 Å². The number of ether oxygens (including phenoxy) is 2. The molecule has 3 heterocycles. The van der Waals surface area contributed by atoms with Gasteiger partial charge in [0.2, 0.25) is 0 Å². The van der Waals surface area contributed by atoms with E-state index in [4.69, 9.17) is 9.47 Å². The number of anilines is 4. The van der Waals surface area contributed by atoms with E-state index in [1.54, 1.807) is 36.4 Å². The van der Waals surface area contributed by atoms with Crippen molar-refractivity contribution < 1.29 is 57.0 Å². The third-order valence-corrected chi connectivity index (χ3v) is 15.2. The zero-order chi connectivity index (χ0) is 42.9. The van der Waals surface area contributed by atoms with Crippen LogP contribution in [0.4, 0.5) is 27.5 Å². The van der Waals surface area contributed by atoms with E-state index < -0.39 is 64.5 Å². The van der Waals surface area contributed by atoms with Crippen molar-refractivity contribution in [3.63, 3.8) is 0 Å². The van der Waals surface area contributed by atoms with E-state index in [0.717, 1.165) is 24.7 Å². The topological polar surface area (TPSA) is 222 Å². The minimum Gasteiger partial charge on any atom is -0.457 e. The average molecular weight is 896 g/mol. The second-order valence-electron chi connectivity index (χ2n) is 14.6. The minimum absolute atomic E-state index is 0.212. The third kappa shape index (κ3) is 7.69. The molecule has 5 aromatic rings. The number of benzene rings is 5. The molecule has 60 heavy (non-hydrogen) atoms. The molecule has 0 unspecified atom stereocenters. The first-order valence-electron chi connectivity index (χ1n) is 18.3. The second kappa shape index (κ2) is 14.9. The summed E-state index contributed by atoms with van der Waals surface area (Å²) in [6.45, 7) is 0.417. The van der Waals surface area contributed by atoms with Gasteiger partial charge in [0.25, 0.3) is 30.3 Å². The molecule has 0 bridgehead atoms. The number of fused-ring (bicyclic) bond motifs is 4. The summed E-state index contributed by atoms with van der Waals surface area (Å²) in [5, 5.41) is 0. The highest BCUT2D eigenvalue weighted by molar-refractivity contribution is 7.90. The van der Waals surface area contributed by atoms with Gasteiger partial charge in [0, 0.05) is 78.3 Å². The van der Waals surface area contributed by atoms with E-state index in [2.05, 4.69) is 0 Å². The second-order valence-corrected chi connectivity index (χ2v) is 21.6. The lowest BCUT2D eigenvalue weighted by atomic mass is 9.82. The van der Waals surface area contributed by atoms with Gasteiger partial charge in [-0.3, -0.25) is 9.11 Å². The van der Waals surface area contributed by atoms with Gasteiger partial charge in [-0.15, -0.1) is 0 Å². The van der Waals surface area contributed by atoms with Crippen LogP contribution in [-0.2, 0) is 57.7 Å². The summed E-state index contributed by atoms with van der Waals surface area (Å²) in [4.78, 5) is 16.3. The smallest absolute Gasteiger partial charge is 0.423 e. The first kappa shape index (κ1) is 41.2. The van der Waals surface area contributed by atoms with Crippen LogP contribution in [0.2, 0.25) is 0 Å². The fraction of sp³-hybridized carbons (Fsp3) is 0.225. The maximum absolute atomic E-state index is 14.2. The van der Waals surface area contributed by atoms with Gasteiger partial charge < -0.3 is 19.3 Å². The molecule has 2 N–H and O–H groups in total. The largest absolute Gasteiger partial charge is 0.457 e. The van der Waals surface area contributed by atoms with Gasteiger partial charge in [-0.2, -0.15) is 16.8 Å². The van der Waals surface area contributed by atoms with Crippen molar-refractivity contribution in [2.24, 2.45) is 0 Å². The number of hydrogen-bond acceptors (Lipinski definition) is 13. The van der Waals surface area contributed by atoms with Crippen molar-refractivity contribution in [2.75, 3.05) is 48.6 Å². The summed E-state index contributed by atoms with van der Waals surface area (Å²) >= 11 is 0. The van der Waals surface area contributed by atoms with Gasteiger partial charge in [-0.1, -0.05) is 30.3 Å². The normalized spacial score (nSPS) is 15.1. The Morgan fingerprint density at radius 1 is 0.700 bits per heavy atom. The van der Waals surface area contributed by atoms with E-state index in [1.165, 1.54) is 36.4 Å². The highest BCUT2D eigenvalue weighted by Gasteiger charge is 2.37. The minimum atomic E-state index is -4.60. The van der Waals surface area contributed by atoms with Crippen molar-refractivity contribution in [1.82, 2.24) is 4.31 Å². The van der Waals surface area contributed by atoms with Crippen LogP contribution in [0.1, 0.15) is 33.7 Å². The molecule has 1 amide bonds. The van der Waals surface area contributed by atoms with Gasteiger partial charge in [0.15, 0.2) is 9.84 Å². The van der Waals surface area contributed by atoms with Gasteiger partial charge in [0.1, 0.15) is 18.1 Å². The van der Waals surface area contributed by atoms with Crippen LogP contribution < -0.4 is 14.5 Å². The molecule has 20 heteroatoms. The highest BCUT2D eigenvalue weighted by Crippen LogP contribution is 2.52. The summed E-state index contributed by atoms with van der Waals surface area (Å²) in [6, 6.07) is 25.8. The predicted octanol–water partition coefficient (Wildman–Crippen LogP) is 5.66. The monoisotopic (exact) mass is 895 g/mol. The van der Waals surface area contributed by atoms with Crippen LogP contribution >= 0.6 is 0 Å². The SMILES string of the molecule is CN(C(=O)OCCS(C)(=O)=O)S(=O)(=O)c1ccccc1C1c2ccc(N3CCc4cc(S(=O)(=O)O)ccc43)cc2Oc2cc(N3CCc4cc(S(=O)(=O)O)ccc43)ccc21. The maximum atomic E-state index is 14.2. The Bertz CT molecular complexity index is 2920. The Morgan fingerprint density at radius 3 is 1.68 bits per heavy atom. The summed E-state index contributed by atoms with van der Waals surface area (Å²) in [5.74, 6) is -0.513. The number of sulfonamides is 1. The van der Waals surface area contributed by atoms with Crippen LogP contribution in [-0.4, -0.2) is 91.9 Å². The molecule has 0 atom stereocenters. The number of rotatable bonds is 10. The van der Waals surface area contributed by atoms with Crippen molar-refractivity contribution in [2.45, 2.75) is 33.4 Å². The Labute approximate surface area is 347 Å². The van der Waals surface area contributed by atoms with Crippen LogP contribution in [0.25, 0.3) is 0 Å². The molecule has 314 valence electrons. The predicted molar refractivity (Wildman–Crippen MR) is 220 cm³/mol. The van der Waals surface area contributed by atoms with Crippen molar-refractivity contribution in [3.05, 3.63) is 125 Å². The molecule has 0 saturated heterocycles. The molecule has 0 aromatic heterocycles. The highest BCUT2D eigenvalue weighted by atomic mass is 32.2.